The summed E-state index contributed by atoms with van der Waals surface area (Å²) in [6.07, 6.45) is 0. The third-order valence-corrected chi connectivity index (χ3v) is 2.99. The molecule has 1 N–H and O–H groups in total. The lowest BCUT2D eigenvalue weighted by molar-refractivity contribution is -0.119. The highest BCUT2D eigenvalue weighted by Gasteiger charge is 2.13. The van der Waals surface area contributed by atoms with E-state index in [4.69, 9.17) is 4.74 Å². The van der Waals surface area contributed by atoms with Crippen molar-refractivity contribution in [3.63, 3.8) is 0 Å². The SMILES string of the molecule is CC(=O)c1ccccc1NC(=O)COC(=O)c1ccc(F)cc1. The van der Waals surface area contributed by atoms with E-state index in [1.807, 2.05) is 0 Å². The van der Waals surface area contributed by atoms with E-state index in [-0.39, 0.29) is 11.3 Å². The normalized spacial score (nSPS) is 10.0. The summed E-state index contributed by atoms with van der Waals surface area (Å²) in [7, 11) is 0. The number of hydrogen-bond acceptors (Lipinski definition) is 4. The number of ether oxygens (including phenoxy) is 1. The molecule has 23 heavy (non-hydrogen) atoms. The van der Waals surface area contributed by atoms with Crippen LogP contribution >= 0.6 is 0 Å². The molecular weight excluding hydrogens is 301 g/mol. The van der Waals surface area contributed by atoms with E-state index in [1.54, 1.807) is 24.3 Å². The van der Waals surface area contributed by atoms with E-state index >= 15 is 0 Å². The van der Waals surface area contributed by atoms with Crippen molar-refractivity contribution < 1.29 is 23.5 Å². The summed E-state index contributed by atoms with van der Waals surface area (Å²) in [5.41, 5.74) is 0.858. The monoisotopic (exact) mass is 315 g/mol. The highest BCUT2D eigenvalue weighted by Crippen LogP contribution is 2.15. The number of amides is 1. The van der Waals surface area contributed by atoms with E-state index in [0.29, 0.717) is 11.3 Å². The Bertz CT molecular complexity index is 741. The first-order valence-electron chi connectivity index (χ1n) is 6.80. The van der Waals surface area contributed by atoms with Crippen LogP contribution in [0.25, 0.3) is 0 Å². The van der Waals surface area contributed by atoms with E-state index < -0.39 is 24.3 Å². The van der Waals surface area contributed by atoms with Crippen molar-refractivity contribution in [1.29, 1.82) is 0 Å². The molecule has 118 valence electrons. The fourth-order valence-corrected chi connectivity index (χ4v) is 1.89. The Balaban J connectivity index is 1.94. The van der Waals surface area contributed by atoms with Gasteiger partial charge in [0.25, 0.3) is 5.91 Å². The maximum absolute atomic E-state index is 12.8. The van der Waals surface area contributed by atoms with Crippen molar-refractivity contribution in [1.82, 2.24) is 0 Å². The molecule has 0 atom stereocenters. The van der Waals surface area contributed by atoms with Gasteiger partial charge < -0.3 is 10.1 Å². The van der Waals surface area contributed by atoms with Crippen LogP contribution < -0.4 is 5.32 Å². The quantitative estimate of drug-likeness (QED) is 0.680. The molecule has 6 heteroatoms. The number of Topliss-reactive ketones (excluding diaryl/α,β-unsaturated/α-hetero) is 1. The van der Waals surface area contributed by atoms with Crippen LogP contribution in [0.3, 0.4) is 0 Å². The minimum atomic E-state index is -0.736. The molecule has 0 bridgehead atoms. The van der Waals surface area contributed by atoms with Gasteiger partial charge >= 0.3 is 5.97 Å². The minimum Gasteiger partial charge on any atom is -0.452 e. The first-order valence-corrected chi connectivity index (χ1v) is 6.80. The molecule has 0 aromatic heterocycles. The molecule has 0 heterocycles. The van der Waals surface area contributed by atoms with Crippen LogP contribution in [-0.4, -0.2) is 24.3 Å². The maximum Gasteiger partial charge on any atom is 0.338 e. The Morgan fingerprint density at radius 1 is 1.04 bits per heavy atom. The number of rotatable bonds is 5. The predicted molar refractivity (Wildman–Crippen MR) is 81.8 cm³/mol. The van der Waals surface area contributed by atoms with Gasteiger partial charge in [0.05, 0.1) is 11.3 Å². The van der Waals surface area contributed by atoms with Gasteiger partial charge in [-0.05, 0) is 43.3 Å². The lowest BCUT2D eigenvalue weighted by atomic mass is 10.1. The number of nitrogens with one attached hydrogen (secondary N) is 1. The first kappa shape index (κ1) is 16.4. The number of hydrogen-bond donors (Lipinski definition) is 1. The van der Waals surface area contributed by atoms with Crippen molar-refractivity contribution in [3.05, 3.63) is 65.5 Å². The van der Waals surface area contributed by atoms with Crippen LogP contribution in [0, 0.1) is 5.82 Å². The van der Waals surface area contributed by atoms with E-state index in [2.05, 4.69) is 5.32 Å². The molecule has 0 saturated heterocycles. The van der Waals surface area contributed by atoms with Crippen molar-refractivity contribution in [2.45, 2.75) is 6.92 Å². The number of anilines is 1. The van der Waals surface area contributed by atoms with Gasteiger partial charge in [0.1, 0.15) is 5.82 Å². The van der Waals surface area contributed by atoms with Gasteiger partial charge in [0.15, 0.2) is 12.4 Å². The number of esters is 1. The molecular formula is C17H14FNO4. The molecule has 0 fully saturated rings. The zero-order chi connectivity index (χ0) is 16.8. The second-order valence-electron chi connectivity index (χ2n) is 4.73. The summed E-state index contributed by atoms with van der Waals surface area (Å²) >= 11 is 0. The average Bonchev–Trinajstić information content (AvgIpc) is 2.53. The molecule has 5 nitrogen and oxygen atoms in total. The smallest absolute Gasteiger partial charge is 0.338 e. The van der Waals surface area contributed by atoms with E-state index in [0.717, 1.165) is 12.1 Å². The average molecular weight is 315 g/mol. The highest BCUT2D eigenvalue weighted by atomic mass is 19.1. The molecule has 0 saturated carbocycles. The molecule has 0 radical (unpaired) electrons. The summed E-state index contributed by atoms with van der Waals surface area (Å²) in [6.45, 7) is 0.877. The molecule has 0 unspecified atom stereocenters. The molecule has 2 aromatic rings. The molecule has 0 aliphatic heterocycles. The standard InChI is InChI=1S/C17H14FNO4/c1-11(20)14-4-2-3-5-15(14)19-16(21)10-23-17(22)12-6-8-13(18)9-7-12/h2-9H,10H2,1H3,(H,19,21). The van der Waals surface area contributed by atoms with Gasteiger partial charge in [-0.1, -0.05) is 12.1 Å². The van der Waals surface area contributed by atoms with Crippen molar-refractivity contribution in [2.75, 3.05) is 11.9 Å². The Kier molecular flexibility index (Phi) is 5.19. The van der Waals surface area contributed by atoms with Crippen LogP contribution in [0.1, 0.15) is 27.6 Å². The van der Waals surface area contributed by atoms with Crippen LogP contribution in [0.4, 0.5) is 10.1 Å². The van der Waals surface area contributed by atoms with Gasteiger partial charge in [0.2, 0.25) is 0 Å². The molecule has 0 spiro atoms. The topological polar surface area (TPSA) is 72.5 Å². The van der Waals surface area contributed by atoms with E-state index in [1.165, 1.54) is 19.1 Å². The third-order valence-electron chi connectivity index (χ3n) is 2.99. The number of carbonyl (C=O) groups excluding carboxylic acids is 3. The van der Waals surface area contributed by atoms with Crippen molar-refractivity contribution >= 4 is 23.3 Å². The Morgan fingerprint density at radius 3 is 2.35 bits per heavy atom. The fourth-order valence-electron chi connectivity index (χ4n) is 1.89. The summed E-state index contributed by atoms with van der Waals surface area (Å²) in [5.74, 6) is -1.97. The Morgan fingerprint density at radius 2 is 1.70 bits per heavy atom. The van der Waals surface area contributed by atoms with Gasteiger partial charge in [0, 0.05) is 5.56 Å². The highest BCUT2D eigenvalue weighted by molar-refractivity contribution is 6.04. The zero-order valence-electron chi connectivity index (χ0n) is 12.3. The largest absolute Gasteiger partial charge is 0.452 e. The second kappa shape index (κ2) is 7.31. The number of benzene rings is 2. The molecule has 2 rings (SSSR count). The lowest BCUT2D eigenvalue weighted by Gasteiger charge is -2.09. The molecule has 0 aliphatic rings. The molecule has 1 amide bonds. The number of para-hydroxylation sites is 1. The number of halogens is 1. The third kappa shape index (κ3) is 4.47. The first-order chi connectivity index (χ1) is 11.0. The zero-order valence-corrected chi connectivity index (χ0v) is 12.3. The lowest BCUT2D eigenvalue weighted by Crippen LogP contribution is -2.22. The Labute approximate surface area is 132 Å². The van der Waals surface area contributed by atoms with Gasteiger partial charge in [-0.15, -0.1) is 0 Å². The maximum atomic E-state index is 12.8. The van der Waals surface area contributed by atoms with Crippen LogP contribution in [0.2, 0.25) is 0 Å². The molecule has 0 aliphatic carbocycles. The minimum absolute atomic E-state index is 0.142. The summed E-state index contributed by atoms with van der Waals surface area (Å²) in [5, 5.41) is 2.51. The van der Waals surface area contributed by atoms with Gasteiger partial charge in [-0.25, -0.2) is 9.18 Å². The van der Waals surface area contributed by atoms with Crippen LogP contribution in [0.5, 0.6) is 0 Å². The number of carbonyl (C=O) groups is 3. The second-order valence-corrected chi connectivity index (χ2v) is 4.73. The summed E-state index contributed by atoms with van der Waals surface area (Å²) < 4.78 is 17.6. The van der Waals surface area contributed by atoms with Crippen molar-refractivity contribution in [3.8, 4) is 0 Å². The van der Waals surface area contributed by atoms with Crippen LogP contribution in [-0.2, 0) is 9.53 Å². The number of ketones is 1. The Hall–Kier alpha value is -3.02. The summed E-state index contributed by atoms with van der Waals surface area (Å²) in [6, 6.07) is 11.3. The predicted octanol–water partition coefficient (Wildman–Crippen LogP) is 2.82. The van der Waals surface area contributed by atoms with Crippen LogP contribution in [0.15, 0.2) is 48.5 Å². The fraction of sp³-hybridized carbons (Fsp3) is 0.118. The van der Waals surface area contributed by atoms with Gasteiger partial charge in [-0.2, -0.15) is 0 Å². The van der Waals surface area contributed by atoms with Gasteiger partial charge in [-0.3, -0.25) is 9.59 Å². The van der Waals surface area contributed by atoms with E-state index in [9.17, 15) is 18.8 Å². The van der Waals surface area contributed by atoms with Crippen molar-refractivity contribution in [2.24, 2.45) is 0 Å². The molecule has 2 aromatic carbocycles. The summed E-state index contributed by atoms with van der Waals surface area (Å²) in [4.78, 5) is 35.0.